The summed E-state index contributed by atoms with van der Waals surface area (Å²) in [4.78, 5) is 12.0. The molecule has 3 nitrogen and oxygen atoms in total. The molecule has 19 heavy (non-hydrogen) atoms. The van der Waals surface area contributed by atoms with Crippen LogP contribution in [0.3, 0.4) is 0 Å². The van der Waals surface area contributed by atoms with Crippen LogP contribution in [0.4, 0.5) is 0 Å². The topological polar surface area (TPSA) is 49.3 Å². The first-order valence-corrected chi connectivity index (χ1v) is 6.69. The number of benzene rings is 1. The molecule has 0 atom stereocenters. The summed E-state index contributed by atoms with van der Waals surface area (Å²) < 4.78 is 0. The number of nitrogens with one attached hydrogen (secondary N) is 1. The van der Waals surface area contributed by atoms with Crippen LogP contribution >= 0.6 is 0 Å². The molecule has 2 rings (SSSR count). The summed E-state index contributed by atoms with van der Waals surface area (Å²) >= 11 is 0. The lowest BCUT2D eigenvalue weighted by atomic mass is 9.82. The second kappa shape index (κ2) is 6.40. The van der Waals surface area contributed by atoms with Crippen molar-refractivity contribution in [3.63, 3.8) is 0 Å². The van der Waals surface area contributed by atoms with Crippen molar-refractivity contribution in [2.24, 2.45) is 5.92 Å². The minimum atomic E-state index is -0.0253. The van der Waals surface area contributed by atoms with E-state index in [1.54, 1.807) is 12.1 Å². The molecule has 0 unspecified atom stereocenters. The van der Waals surface area contributed by atoms with E-state index in [4.69, 9.17) is 5.11 Å². The fourth-order valence-corrected chi connectivity index (χ4v) is 2.25. The van der Waals surface area contributed by atoms with Crippen LogP contribution in [-0.4, -0.2) is 23.7 Å². The number of aliphatic hydroxyl groups is 1. The zero-order valence-electron chi connectivity index (χ0n) is 11.1. The maximum Gasteiger partial charge on any atom is 0.251 e. The molecule has 0 aromatic heterocycles. The molecule has 1 fully saturated rings. The van der Waals surface area contributed by atoms with Crippen molar-refractivity contribution < 1.29 is 9.90 Å². The van der Waals surface area contributed by atoms with Crippen LogP contribution in [-0.2, 0) is 0 Å². The Labute approximate surface area is 114 Å². The number of amides is 1. The van der Waals surface area contributed by atoms with Gasteiger partial charge in [-0.25, -0.2) is 0 Å². The number of hydrogen-bond donors (Lipinski definition) is 2. The van der Waals surface area contributed by atoms with E-state index in [9.17, 15) is 4.79 Å². The van der Waals surface area contributed by atoms with Gasteiger partial charge in [-0.3, -0.25) is 4.79 Å². The van der Waals surface area contributed by atoms with Crippen LogP contribution in [0, 0.1) is 17.8 Å². The molecule has 1 amide bonds. The largest absolute Gasteiger partial charge is 0.395 e. The summed E-state index contributed by atoms with van der Waals surface area (Å²) in [6.45, 7) is 2.26. The molecule has 0 bridgehead atoms. The summed E-state index contributed by atoms with van der Waals surface area (Å²) in [5, 5.41) is 11.7. The van der Waals surface area contributed by atoms with Crippen molar-refractivity contribution >= 4 is 5.91 Å². The van der Waals surface area contributed by atoms with Gasteiger partial charge in [0.2, 0.25) is 0 Å². The summed E-state index contributed by atoms with van der Waals surface area (Å²) in [5.41, 5.74) is 1.46. The van der Waals surface area contributed by atoms with Gasteiger partial charge in [-0.1, -0.05) is 24.8 Å². The van der Waals surface area contributed by atoms with E-state index in [1.807, 2.05) is 12.1 Å². The van der Waals surface area contributed by atoms with Crippen molar-refractivity contribution in [1.29, 1.82) is 0 Å². The van der Waals surface area contributed by atoms with Gasteiger partial charge in [-0.05, 0) is 37.0 Å². The molecule has 2 N–H and O–H groups in total. The number of carbonyl (C=O) groups excluding carboxylic acids is 1. The smallest absolute Gasteiger partial charge is 0.251 e. The first-order chi connectivity index (χ1) is 9.19. The third kappa shape index (κ3) is 3.84. The molecule has 0 radical (unpaired) electrons. The molecule has 0 spiro atoms. The number of rotatable bonds is 3. The van der Waals surface area contributed by atoms with Crippen molar-refractivity contribution in [1.82, 2.24) is 5.32 Å². The zero-order chi connectivity index (χ0) is 13.7. The summed E-state index contributed by atoms with van der Waals surface area (Å²) in [6.07, 6.45) is 2.60. The number of aliphatic hydroxyl groups excluding tert-OH is 1. The van der Waals surface area contributed by atoms with E-state index in [0.29, 0.717) is 18.0 Å². The molecule has 1 aliphatic carbocycles. The lowest BCUT2D eigenvalue weighted by Crippen LogP contribution is -2.43. The van der Waals surface area contributed by atoms with Crippen LogP contribution in [0.2, 0.25) is 0 Å². The van der Waals surface area contributed by atoms with Gasteiger partial charge >= 0.3 is 0 Å². The molecule has 100 valence electrons. The van der Waals surface area contributed by atoms with E-state index in [-0.39, 0.29) is 12.5 Å². The van der Waals surface area contributed by atoms with E-state index in [1.165, 1.54) is 0 Å². The van der Waals surface area contributed by atoms with E-state index < -0.39 is 0 Å². The minimum absolute atomic E-state index is 0.0253. The third-order valence-corrected chi connectivity index (χ3v) is 3.30. The molecule has 1 aliphatic rings. The van der Waals surface area contributed by atoms with Crippen LogP contribution in [0.5, 0.6) is 0 Å². The molecular weight excluding hydrogens is 238 g/mol. The Morgan fingerprint density at radius 2 is 2.26 bits per heavy atom. The van der Waals surface area contributed by atoms with Crippen molar-refractivity contribution in [3.05, 3.63) is 35.4 Å². The standard InChI is InChI=1S/C16H19NO2/c1-12-9-15(10-12)17-16(19)14-7-4-6-13(11-14)5-2-3-8-18/h4,6-7,11-12,15,18H,3,8-10H2,1H3,(H,17,19). The molecule has 1 aromatic carbocycles. The van der Waals surface area contributed by atoms with Crippen molar-refractivity contribution in [2.75, 3.05) is 6.61 Å². The van der Waals surface area contributed by atoms with Gasteiger partial charge in [-0.15, -0.1) is 0 Å². The normalized spacial score (nSPS) is 20.9. The Hall–Kier alpha value is -1.79. The van der Waals surface area contributed by atoms with E-state index >= 15 is 0 Å². The fraction of sp³-hybridized carbons (Fsp3) is 0.438. The van der Waals surface area contributed by atoms with Gasteiger partial charge in [0.25, 0.3) is 5.91 Å². The van der Waals surface area contributed by atoms with Crippen LogP contribution in [0.15, 0.2) is 24.3 Å². The van der Waals surface area contributed by atoms with Crippen molar-refractivity contribution in [3.8, 4) is 11.8 Å². The molecular formula is C16H19NO2. The number of carbonyl (C=O) groups is 1. The Bertz CT molecular complexity index is 507. The Morgan fingerprint density at radius 1 is 1.47 bits per heavy atom. The maximum atomic E-state index is 12.0. The van der Waals surface area contributed by atoms with Gasteiger partial charge in [0, 0.05) is 23.6 Å². The van der Waals surface area contributed by atoms with Gasteiger partial charge in [-0.2, -0.15) is 0 Å². The second-order valence-electron chi connectivity index (χ2n) is 5.10. The van der Waals surface area contributed by atoms with Crippen LogP contribution < -0.4 is 5.32 Å². The summed E-state index contributed by atoms with van der Waals surface area (Å²) in [5.74, 6) is 6.49. The van der Waals surface area contributed by atoms with Crippen LogP contribution in [0.1, 0.15) is 42.1 Å². The average molecular weight is 257 g/mol. The van der Waals surface area contributed by atoms with Crippen LogP contribution in [0.25, 0.3) is 0 Å². The lowest BCUT2D eigenvalue weighted by molar-refractivity contribution is 0.0896. The van der Waals surface area contributed by atoms with Gasteiger partial charge in [0.1, 0.15) is 0 Å². The molecule has 0 heterocycles. The Balaban J connectivity index is 1.98. The zero-order valence-corrected chi connectivity index (χ0v) is 11.1. The van der Waals surface area contributed by atoms with E-state index in [0.717, 1.165) is 24.3 Å². The predicted octanol–water partition coefficient (Wildman–Crippen LogP) is 1.95. The first-order valence-electron chi connectivity index (χ1n) is 6.69. The van der Waals surface area contributed by atoms with Gasteiger partial charge in [0.05, 0.1) is 6.61 Å². The lowest BCUT2D eigenvalue weighted by Gasteiger charge is -2.33. The molecule has 1 aromatic rings. The van der Waals surface area contributed by atoms with E-state index in [2.05, 4.69) is 24.1 Å². The van der Waals surface area contributed by atoms with Gasteiger partial charge < -0.3 is 10.4 Å². The highest BCUT2D eigenvalue weighted by Gasteiger charge is 2.26. The molecule has 0 saturated heterocycles. The van der Waals surface area contributed by atoms with Gasteiger partial charge in [0.15, 0.2) is 0 Å². The minimum Gasteiger partial charge on any atom is -0.395 e. The first kappa shape index (κ1) is 13.6. The number of hydrogen-bond acceptors (Lipinski definition) is 2. The SMILES string of the molecule is CC1CC(NC(=O)c2cccc(C#CCCO)c2)C1. The Kier molecular flexibility index (Phi) is 4.59. The molecule has 1 saturated carbocycles. The molecule has 3 heteroatoms. The highest BCUT2D eigenvalue weighted by Crippen LogP contribution is 2.26. The monoisotopic (exact) mass is 257 g/mol. The third-order valence-electron chi connectivity index (χ3n) is 3.30. The molecule has 0 aliphatic heterocycles. The Morgan fingerprint density at radius 3 is 2.95 bits per heavy atom. The summed E-state index contributed by atoms with van der Waals surface area (Å²) in [6, 6.07) is 7.62. The highest BCUT2D eigenvalue weighted by atomic mass is 16.2. The fourth-order valence-electron chi connectivity index (χ4n) is 2.25. The highest BCUT2D eigenvalue weighted by molar-refractivity contribution is 5.94. The quantitative estimate of drug-likeness (QED) is 0.813. The maximum absolute atomic E-state index is 12.0. The summed E-state index contributed by atoms with van der Waals surface area (Å²) in [7, 11) is 0. The predicted molar refractivity (Wildman–Crippen MR) is 74.7 cm³/mol. The average Bonchev–Trinajstić information content (AvgIpc) is 2.37. The second-order valence-corrected chi connectivity index (χ2v) is 5.10. The van der Waals surface area contributed by atoms with Crippen molar-refractivity contribution in [2.45, 2.75) is 32.2 Å².